The summed E-state index contributed by atoms with van der Waals surface area (Å²) in [5.74, 6) is 2.16. The third kappa shape index (κ3) is 5.57. The van der Waals surface area contributed by atoms with Gasteiger partial charge in [0, 0.05) is 41.7 Å². The molecule has 2 aromatic heterocycles. The molecule has 2 N–H and O–H groups in total. The fourth-order valence-corrected chi connectivity index (χ4v) is 5.76. The second kappa shape index (κ2) is 11.9. The van der Waals surface area contributed by atoms with E-state index in [1.54, 1.807) is 20.3 Å². The summed E-state index contributed by atoms with van der Waals surface area (Å²) in [4.78, 5) is 23.9. The van der Waals surface area contributed by atoms with Crippen LogP contribution in [0.5, 0.6) is 11.5 Å². The summed E-state index contributed by atoms with van der Waals surface area (Å²) in [6.07, 6.45) is 6.42. The molecule has 2 aliphatic heterocycles. The molecule has 2 saturated heterocycles. The molecule has 1 aromatic carbocycles. The lowest BCUT2D eigenvalue weighted by Gasteiger charge is -2.29. The number of rotatable bonds is 8. The van der Waals surface area contributed by atoms with Gasteiger partial charge in [0.05, 0.1) is 55.3 Å². The van der Waals surface area contributed by atoms with Crippen molar-refractivity contribution in [1.29, 1.82) is 0 Å². The van der Waals surface area contributed by atoms with Crippen molar-refractivity contribution in [2.24, 2.45) is 0 Å². The number of aromatic nitrogens is 2. The van der Waals surface area contributed by atoms with Crippen molar-refractivity contribution >= 4 is 51.5 Å². The van der Waals surface area contributed by atoms with E-state index in [1.807, 2.05) is 18.3 Å². The van der Waals surface area contributed by atoms with Gasteiger partial charge in [-0.1, -0.05) is 29.8 Å². The smallest absolute Gasteiger partial charge is 0.243 e. The summed E-state index contributed by atoms with van der Waals surface area (Å²) >= 11 is 13.5. The van der Waals surface area contributed by atoms with Gasteiger partial charge in [0.2, 0.25) is 5.91 Å². The number of methoxy groups -OCH3 is 2. The first-order valence-electron chi connectivity index (χ1n) is 12.9. The Bertz CT molecular complexity index is 1370. The summed E-state index contributed by atoms with van der Waals surface area (Å²) in [5, 5.41) is 8.91. The molecule has 9 nitrogen and oxygen atoms in total. The number of piperidine rings is 1. The van der Waals surface area contributed by atoms with Gasteiger partial charge in [0.1, 0.15) is 23.1 Å². The maximum absolute atomic E-state index is 11.9. The highest BCUT2D eigenvalue weighted by atomic mass is 35.5. The Labute approximate surface area is 237 Å². The molecule has 206 valence electrons. The molecule has 3 aromatic rings. The Hall–Kier alpha value is -3.27. The lowest BCUT2D eigenvalue weighted by atomic mass is 10.0. The number of hydrogen-bond donors (Lipinski definition) is 2. The standard InChI is InChI=1S/C28H31Cl2N5O4/c1-4-24(36)33-20-15-39-14-19(20)32-23-11-17-16(13-31-23)10-18(34-28(17)35-8-6-5-7-9-35)25-26(29)21(37-2)12-22(38-3)27(25)30/h4,10-13,19-20H,1,5-9,14-15H2,2-3H3,(H,31,32)(H,33,36)/t19-,20+/m1/s1. The van der Waals surface area contributed by atoms with Crippen molar-refractivity contribution in [1.82, 2.24) is 15.3 Å². The molecule has 11 heteroatoms. The van der Waals surface area contributed by atoms with Crippen LogP contribution >= 0.6 is 23.2 Å². The van der Waals surface area contributed by atoms with Crippen LogP contribution < -0.4 is 25.0 Å². The summed E-state index contributed by atoms with van der Waals surface area (Å²) < 4.78 is 16.6. The predicted molar refractivity (Wildman–Crippen MR) is 155 cm³/mol. The van der Waals surface area contributed by atoms with E-state index in [1.165, 1.54) is 12.5 Å². The first-order valence-corrected chi connectivity index (χ1v) is 13.6. The molecule has 1 amide bonds. The average molecular weight is 572 g/mol. The van der Waals surface area contributed by atoms with Crippen molar-refractivity contribution in [3.8, 4) is 22.8 Å². The minimum Gasteiger partial charge on any atom is -0.495 e. The second-order valence-electron chi connectivity index (χ2n) is 9.56. The van der Waals surface area contributed by atoms with Crippen LogP contribution in [-0.2, 0) is 9.53 Å². The molecule has 0 bridgehead atoms. The molecule has 2 fully saturated rings. The Morgan fingerprint density at radius 2 is 1.77 bits per heavy atom. The Morgan fingerprint density at radius 3 is 2.44 bits per heavy atom. The number of carbonyl (C=O) groups is 1. The molecule has 0 unspecified atom stereocenters. The van der Waals surface area contributed by atoms with Gasteiger partial charge >= 0.3 is 0 Å². The molecule has 4 heterocycles. The highest BCUT2D eigenvalue weighted by Gasteiger charge is 2.30. The predicted octanol–water partition coefficient (Wildman–Crippen LogP) is 5.09. The van der Waals surface area contributed by atoms with Crippen molar-refractivity contribution in [3.05, 3.63) is 47.1 Å². The number of ether oxygens (including phenoxy) is 3. The van der Waals surface area contributed by atoms with E-state index >= 15 is 0 Å². The third-order valence-corrected chi connectivity index (χ3v) is 7.86. The van der Waals surface area contributed by atoms with Crippen molar-refractivity contribution < 1.29 is 19.0 Å². The molecule has 2 atom stereocenters. The van der Waals surface area contributed by atoms with Gasteiger partial charge in [-0.2, -0.15) is 0 Å². The van der Waals surface area contributed by atoms with Crippen LogP contribution in [0.15, 0.2) is 37.1 Å². The van der Waals surface area contributed by atoms with Crippen LogP contribution in [0, 0.1) is 0 Å². The van der Waals surface area contributed by atoms with Gasteiger partial charge in [0.25, 0.3) is 0 Å². The number of nitrogens with one attached hydrogen (secondary N) is 2. The fraction of sp³-hybridized carbons (Fsp3) is 0.393. The number of benzene rings is 1. The lowest BCUT2D eigenvalue weighted by Crippen LogP contribution is -2.45. The minimum atomic E-state index is -0.237. The summed E-state index contributed by atoms with van der Waals surface area (Å²) in [6, 6.07) is 5.26. The number of fused-ring (bicyclic) bond motifs is 1. The molecule has 39 heavy (non-hydrogen) atoms. The highest BCUT2D eigenvalue weighted by molar-refractivity contribution is 6.41. The molecule has 2 aliphatic rings. The van der Waals surface area contributed by atoms with Crippen LogP contribution in [0.1, 0.15) is 19.3 Å². The maximum atomic E-state index is 11.9. The van der Waals surface area contributed by atoms with Crippen molar-refractivity contribution in [3.63, 3.8) is 0 Å². The maximum Gasteiger partial charge on any atom is 0.243 e. The minimum absolute atomic E-state index is 0.133. The van der Waals surface area contributed by atoms with Crippen LogP contribution in [0.2, 0.25) is 10.0 Å². The van der Waals surface area contributed by atoms with Crippen LogP contribution in [0.3, 0.4) is 0 Å². The Morgan fingerprint density at radius 1 is 1.08 bits per heavy atom. The summed E-state index contributed by atoms with van der Waals surface area (Å²) in [6.45, 7) is 6.19. The quantitative estimate of drug-likeness (QED) is 0.361. The van der Waals surface area contributed by atoms with Crippen LogP contribution in [0.4, 0.5) is 11.6 Å². The van der Waals surface area contributed by atoms with Crippen LogP contribution in [0.25, 0.3) is 22.0 Å². The first-order chi connectivity index (χ1) is 18.9. The summed E-state index contributed by atoms with van der Waals surface area (Å²) in [5.41, 5.74) is 1.15. The number of pyridine rings is 2. The number of hydrogen-bond acceptors (Lipinski definition) is 8. The van der Waals surface area contributed by atoms with E-state index in [0.29, 0.717) is 51.8 Å². The Kier molecular flexibility index (Phi) is 8.30. The number of anilines is 2. The highest BCUT2D eigenvalue weighted by Crippen LogP contribution is 2.46. The van der Waals surface area contributed by atoms with Gasteiger partial charge in [0.15, 0.2) is 0 Å². The second-order valence-corrected chi connectivity index (χ2v) is 10.3. The average Bonchev–Trinajstić information content (AvgIpc) is 3.39. The number of carbonyl (C=O) groups excluding carboxylic acids is 1. The fourth-order valence-electron chi connectivity index (χ4n) is 5.06. The lowest BCUT2D eigenvalue weighted by molar-refractivity contribution is -0.117. The van der Waals surface area contributed by atoms with Gasteiger partial charge in [-0.3, -0.25) is 4.79 Å². The normalized spacial score (nSPS) is 19.1. The third-order valence-electron chi connectivity index (χ3n) is 7.11. The number of halogens is 2. The largest absolute Gasteiger partial charge is 0.495 e. The van der Waals surface area contributed by atoms with E-state index in [4.69, 9.17) is 42.4 Å². The molecule has 0 radical (unpaired) electrons. The first kappa shape index (κ1) is 27.3. The molecule has 0 saturated carbocycles. The summed E-state index contributed by atoms with van der Waals surface area (Å²) in [7, 11) is 3.10. The van der Waals surface area contributed by atoms with Crippen LogP contribution in [-0.4, -0.2) is 68.5 Å². The van der Waals surface area contributed by atoms with Gasteiger partial charge in [-0.25, -0.2) is 9.97 Å². The molecule has 0 spiro atoms. The van der Waals surface area contributed by atoms with Gasteiger partial charge in [-0.15, -0.1) is 0 Å². The van der Waals surface area contributed by atoms with Gasteiger partial charge < -0.3 is 29.7 Å². The zero-order chi connectivity index (χ0) is 27.5. The van der Waals surface area contributed by atoms with Crippen molar-refractivity contribution in [2.45, 2.75) is 31.3 Å². The van der Waals surface area contributed by atoms with Gasteiger partial charge in [-0.05, 0) is 37.5 Å². The number of amides is 1. The van der Waals surface area contributed by atoms with E-state index in [-0.39, 0.29) is 18.0 Å². The number of nitrogens with zero attached hydrogens (tertiary/aromatic N) is 3. The molecular formula is C28H31Cl2N5O4. The molecule has 0 aliphatic carbocycles. The zero-order valence-electron chi connectivity index (χ0n) is 21.9. The van der Waals surface area contributed by atoms with E-state index in [2.05, 4.69) is 27.1 Å². The Balaban J connectivity index is 1.59. The SMILES string of the molecule is C=CC(=O)N[C@H]1COC[C@H]1Nc1cc2c(N3CCCCC3)nc(-c3c(Cl)c(OC)cc(OC)c3Cl)cc2cn1. The van der Waals surface area contributed by atoms with E-state index in [0.717, 1.165) is 42.5 Å². The monoisotopic (exact) mass is 571 g/mol. The zero-order valence-corrected chi connectivity index (χ0v) is 23.4. The van der Waals surface area contributed by atoms with Crippen molar-refractivity contribution in [2.75, 3.05) is 50.7 Å². The topological polar surface area (TPSA) is 97.8 Å². The molecule has 5 rings (SSSR count). The van der Waals surface area contributed by atoms with E-state index < -0.39 is 0 Å². The van der Waals surface area contributed by atoms with E-state index in [9.17, 15) is 4.79 Å². The molecular weight excluding hydrogens is 541 g/mol.